The SMILES string of the molecule is Cc1cc(NCCc2ccc(F)cc2)c(Br)cc1[N+](=O)[O-]. The first kappa shape index (κ1) is 15.4. The first-order valence-electron chi connectivity index (χ1n) is 6.40. The fourth-order valence-electron chi connectivity index (χ4n) is 2.00. The summed E-state index contributed by atoms with van der Waals surface area (Å²) in [7, 11) is 0. The van der Waals surface area contributed by atoms with Crippen LogP contribution in [0.4, 0.5) is 15.8 Å². The molecule has 1 N–H and O–H groups in total. The van der Waals surface area contributed by atoms with Crippen molar-refractivity contribution in [2.75, 3.05) is 11.9 Å². The summed E-state index contributed by atoms with van der Waals surface area (Å²) in [6.45, 7) is 2.36. The molecule has 21 heavy (non-hydrogen) atoms. The fourth-order valence-corrected chi connectivity index (χ4v) is 2.47. The number of benzene rings is 2. The Morgan fingerprint density at radius 3 is 2.57 bits per heavy atom. The lowest BCUT2D eigenvalue weighted by Crippen LogP contribution is -2.06. The molecule has 0 aromatic heterocycles. The summed E-state index contributed by atoms with van der Waals surface area (Å²) in [5.41, 5.74) is 2.53. The van der Waals surface area contributed by atoms with Gasteiger partial charge >= 0.3 is 0 Å². The maximum absolute atomic E-state index is 12.8. The molecule has 6 heteroatoms. The van der Waals surface area contributed by atoms with Crippen LogP contribution >= 0.6 is 15.9 Å². The largest absolute Gasteiger partial charge is 0.384 e. The van der Waals surface area contributed by atoms with Gasteiger partial charge in [-0.3, -0.25) is 10.1 Å². The van der Waals surface area contributed by atoms with Gasteiger partial charge in [-0.2, -0.15) is 0 Å². The zero-order valence-corrected chi connectivity index (χ0v) is 13.0. The molecule has 0 bridgehead atoms. The molecule has 0 unspecified atom stereocenters. The van der Waals surface area contributed by atoms with Crippen molar-refractivity contribution in [1.82, 2.24) is 0 Å². The number of hydrogen-bond acceptors (Lipinski definition) is 3. The third kappa shape index (κ3) is 4.01. The minimum absolute atomic E-state index is 0.0889. The van der Waals surface area contributed by atoms with Crippen LogP contribution in [0.3, 0.4) is 0 Å². The minimum atomic E-state index is -0.400. The molecule has 0 heterocycles. The van der Waals surface area contributed by atoms with Gasteiger partial charge in [0.1, 0.15) is 5.82 Å². The Bertz CT molecular complexity index is 659. The van der Waals surface area contributed by atoms with Gasteiger partial charge in [0.15, 0.2) is 0 Å². The van der Waals surface area contributed by atoms with Crippen LogP contribution in [0, 0.1) is 22.9 Å². The van der Waals surface area contributed by atoms with Crippen molar-refractivity contribution < 1.29 is 9.31 Å². The van der Waals surface area contributed by atoms with E-state index in [1.807, 2.05) is 0 Å². The molecular formula is C15H14BrFN2O2. The maximum Gasteiger partial charge on any atom is 0.273 e. The zero-order valence-electron chi connectivity index (χ0n) is 11.4. The number of nitrogens with one attached hydrogen (secondary N) is 1. The van der Waals surface area contributed by atoms with E-state index < -0.39 is 4.92 Å². The molecule has 110 valence electrons. The standard InChI is InChI=1S/C15H14BrFN2O2/c1-10-8-14(13(16)9-15(10)19(20)21)18-7-6-11-2-4-12(17)5-3-11/h2-5,8-9,18H,6-7H2,1H3. The lowest BCUT2D eigenvalue weighted by Gasteiger charge is -2.10. The monoisotopic (exact) mass is 352 g/mol. The highest BCUT2D eigenvalue weighted by Crippen LogP contribution is 2.30. The molecule has 0 fully saturated rings. The van der Waals surface area contributed by atoms with Crippen LogP contribution in [0.1, 0.15) is 11.1 Å². The predicted molar refractivity (Wildman–Crippen MR) is 84.1 cm³/mol. The van der Waals surface area contributed by atoms with Crippen LogP contribution in [0.2, 0.25) is 0 Å². The molecule has 0 aliphatic rings. The van der Waals surface area contributed by atoms with Gasteiger partial charge in [0.25, 0.3) is 5.69 Å². The molecule has 4 nitrogen and oxygen atoms in total. The summed E-state index contributed by atoms with van der Waals surface area (Å²) in [4.78, 5) is 10.4. The summed E-state index contributed by atoms with van der Waals surface area (Å²) in [6, 6.07) is 9.59. The van der Waals surface area contributed by atoms with Crippen LogP contribution in [0.15, 0.2) is 40.9 Å². The second kappa shape index (κ2) is 6.67. The zero-order chi connectivity index (χ0) is 15.4. The molecule has 0 amide bonds. The highest BCUT2D eigenvalue weighted by molar-refractivity contribution is 9.10. The quantitative estimate of drug-likeness (QED) is 0.638. The van der Waals surface area contributed by atoms with Gasteiger partial charge < -0.3 is 5.32 Å². The van der Waals surface area contributed by atoms with E-state index in [1.54, 1.807) is 25.1 Å². The van der Waals surface area contributed by atoms with Crippen molar-refractivity contribution in [2.24, 2.45) is 0 Å². The lowest BCUT2D eigenvalue weighted by molar-refractivity contribution is -0.385. The van der Waals surface area contributed by atoms with Gasteiger partial charge in [-0.05, 0) is 53.0 Å². The summed E-state index contributed by atoms with van der Waals surface area (Å²) < 4.78 is 13.4. The van der Waals surface area contributed by atoms with E-state index in [9.17, 15) is 14.5 Å². The normalized spacial score (nSPS) is 10.4. The number of aryl methyl sites for hydroxylation is 1. The molecular weight excluding hydrogens is 339 g/mol. The Hall–Kier alpha value is -1.95. The molecule has 0 aliphatic carbocycles. The van der Waals surface area contributed by atoms with Gasteiger partial charge in [0.2, 0.25) is 0 Å². The summed E-state index contributed by atoms with van der Waals surface area (Å²) >= 11 is 3.33. The van der Waals surface area contributed by atoms with Crippen LogP contribution in [0.25, 0.3) is 0 Å². The summed E-state index contributed by atoms with van der Waals surface area (Å²) in [6.07, 6.45) is 0.739. The van der Waals surface area contributed by atoms with E-state index in [0.717, 1.165) is 17.7 Å². The highest BCUT2D eigenvalue weighted by Gasteiger charge is 2.13. The van der Waals surface area contributed by atoms with Crippen molar-refractivity contribution in [3.05, 3.63) is 67.9 Å². The van der Waals surface area contributed by atoms with Gasteiger partial charge in [-0.25, -0.2) is 4.39 Å². The van der Waals surface area contributed by atoms with Crippen molar-refractivity contribution in [3.63, 3.8) is 0 Å². The van der Waals surface area contributed by atoms with Crippen LogP contribution in [-0.4, -0.2) is 11.5 Å². The highest BCUT2D eigenvalue weighted by atomic mass is 79.9. The lowest BCUT2D eigenvalue weighted by atomic mass is 10.1. The van der Waals surface area contributed by atoms with E-state index in [-0.39, 0.29) is 11.5 Å². The smallest absolute Gasteiger partial charge is 0.273 e. The average Bonchev–Trinajstić information content (AvgIpc) is 2.44. The van der Waals surface area contributed by atoms with E-state index in [0.29, 0.717) is 16.6 Å². The van der Waals surface area contributed by atoms with Gasteiger partial charge in [-0.15, -0.1) is 0 Å². The average molecular weight is 353 g/mol. The number of nitrogens with zero attached hydrogens (tertiary/aromatic N) is 1. The molecule has 0 spiro atoms. The Balaban J connectivity index is 2.02. The molecule has 2 aromatic carbocycles. The maximum atomic E-state index is 12.8. The van der Waals surface area contributed by atoms with E-state index in [4.69, 9.17) is 0 Å². The number of rotatable bonds is 5. The molecule has 0 radical (unpaired) electrons. The number of anilines is 1. The second-order valence-electron chi connectivity index (χ2n) is 4.68. The van der Waals surface area contributed by atoms with E-state index in [1.165, 1.54) is 18.2 Å². The topological polar surface area (TPSA) is 55.2 Å². The van der Waals surface area contributed by atoms with Crippen molar-refractivity contribution in [1.29, 1.82) is 0 Å². The van der Waals surface area contributed by atoms with Crippen LogP contribution in [0.5, 0.6) is 0 Å². The fraction of sp³-hybridized carbons (Fsp3) is 0.200. The van der Waals surface area contributed by atoms with Crippen LogP contribution < -0.4 is 5.32 Å². The Morgan fingerprint density at radius 2 is 1.95 bits per heavy atom. The van der Waals surface area contributed by atoms with Gasteiger partial charge in [0.05, 0.1) is 4.92 Å². The molecule has 2 aromatic rings. The van der Waals surface area contributed by atoms with Crippen LogP contribution in [-0.2, 0) is 6.42 Å². The third-order valence-corrected chi connectivity index (χ3v) is 3.78. The van der Waals surface area contributed by atoms with Crippen molar-refractivity contribution in [3.8, 4) is 0 Å². The summed E-state index contributed by atoms with van der Waals surface area (Å²) in [5.74, 6) is -0.250. The van der Waals surface area contributed by atoms with Crippen molar-refractivity contribution in [2.45, 2.75) is 13.3 Å². The van der Waals surface area contributed by atoms with Gasteiger partial charge in [-0.1, -0.05) is 12.1 Å². The third-order valence-electron chi connectivity index (χ3n) is 3.12. The predicted octanol–water partition coefficient (Wildman–Crippen LogP) is 4.46. The molecule has 0 saturated heterocycles. The number of nitro groups is 1. The first-order chi connectivity index (χ1) is 9.97. The minimum Gasteiger partial charge on any atom is -0.384 e. The van der Waals surface area contributed by atoms with Crippen molar-refractivity contribution >= 4 is 27.3 Å². The molecule has 0 saturated carbocycles. The molecule has 0 aliphatic heterocycles. The van der Waals surface area contributed by atoms with E-state index in [2.05, 4.69) is 21.2 Å². The number of hydrogen-bond donors (Lipinski definition) is 1. The number of nitro benzene ring substituents is 1. The first-order valence-corrected chi connectivity index (χ1v) is 7.19. The Kier molecular flexibility index (Phi) is 4.90. The van der Waals surface area contributed by atoms with E-state index >= 15 is 0 Å². The summed E-state index contributed by atoms with van der Waals surface area (Å²) in [5, 5.41) is 14.1. The molecule has 2 rings (SSSR count). The Labute approximate surface area is 130 Å². The Morgan fingerprint density at radius 1 is 1.29 bits per heavy atom. The van der Waals surface area contributed by atoms with Gasteiger partial charge in [0, 0.05) is 28.3 Å². The second-order valence-corrected chi connectivity index (χ2v) is 5.53. The number of halogens is 2. The molecule has 0 atom stereocenters.